The van der Waals surface area contributed by atoms with Crippen LogP contribution in [0.3, 0.4) is 0 Å². The van der Waals surface area contributed by atoms with Crippen LogP contribution in [-0.2, 0) is 11.3 Å². The Bertz CT molecular complexity index is 710. The standard InChI is InChI=1S/C13H11F2N3O3S/c14-8-1-6-12(11(15)7-8)17-13(19)16-9-2-4-10(5-3-9)18-22(20)21/h1-7,18H,(H,20,21)(H2,16,17,19). The van der Waals surface area contributed by atoms with Crippen molar-refractivity contribution in [3.8, 4) is 0 Å². The molecule has 0 fully saturated rings. The van der Waals surface area contributed by atoms with Gasteiger partial charge in [-0.15, -0.1) is 0 Å². The number of urea groups is 1. The molecule has 9 heteroatoms. The minimum atomic E-state index is -2.19. The van der Waals surface area contributed by atoms with Crippen LogP contribution < -0.4 is 15.4 Å². The third-order valence-electron chi connectivity index (χ3n) is 2.53. The predicted molar refractivity (Wildman–Crippen MR) is 79.8 cm³/mol. The predicted octanol–water partition coefficient (Wildman–Crippen LogP) is 3.16. The molecule has 0 saturated heterocycles. The quantitative estimate of drug-likeness (QED) is 0.650. The molecule has 0 aliphatic rings. The summed E-state index contributed by atoms with van der Waals surface area (Å²) in [4.78, 5) is 11.7. The molecule has 0 spiro atoms. The van der Waals surface area contributed by atoms with Crippen LogP contribution in [0, 0.1) is 11.6 Å². The van der Waals surface area contributed by atoms with Crippen LogP contribution in [0.5, 0.6) is 0 Å². The molecule has 0 radical (unpaired) electrons. The average Bonchev–Trinajstić information content (AvgIpc) is 2.43. The van der Waals surface area contributed by atoms with Crippen molar-refractivity contribution in [2.75, 3.05) is 15.4 Å². The number of nitrogens with one attached hydrogen (secondary N) is 3. The van der Waals surface area contributed by atoms with Crippen LogP contribution in [0.1, 0.15) is 0 Å². The van der Waals surface area contributed by atoms with Crippen LogP contribution >= 0.6 is 0 Å². The molecule has 0 heterocycles. The summed E-state index contributed by atoms with van der Waals surface area (Å²) in [5, 5.41) is 4.67. The van der Waals surface area contributed by atoms with E-state index in [-0.39, 0.29) is 5.69 Å². The first kappa shape index (κ1) is 15.9. The molecule has 2 rings (SSSR count). The fraction of sp³-hybridized carbons (Fsp3) is 0. The number of carbonyl (C=O) groups excluding carboxylic acids is 1. The maximum atomic E-state index is 13.4. The molecule has 1 unspecified atom stereocenters. The van der Waals surface area contributed by atoms with Gasteiger partial charge in [-0.25, -0.2) is 17.8 Å². The second kappa shape index (κ2) is 6.96. The van der Waals surface area contributed by atoms with E-state index in [1.807, 2.05) is 0 Å². The monoisotopic (exact) mass is 327 g/mol. The number of benzene rings is 2. The molecular formula is C13H11F2N3O3S. The van der Waals surface area contributed by atoms with E-state index >= 15 is 0 Å². The number of rotatable bonds is 4. The fourth-order valence-electron chi connectivity index (χ4n) is 1.60. The number of halogens is 2. The molecule has 6 nitrogen and oxygen atoms in total. The van der Waals surface area contributed by atoms with Crippen molar-refractivity contribution < 1.29 is 22.3 Å². The average molecular weight is 327 g/mol. The topological polar surface area (TPSA) is 90.5 Å². The molecule has 2 amide bonds. The van der Waals surface area contributed by atoms with Crippen LogP contribution in [0.15, 0.2) is 42.5 Å². The highest BCUT2D eigenvalue weighted by atomic mass is 32.2. The number of hydrogen-bond acceptors (Lipinski definition) is 2. The van der Waals surface area contributed by atoms with Crippen molar-refractivity contribution >= 4 is 34.4 Å². The zero-order valence-corrected chi connectivity index (χ0v) is 11.8. The Labute approximate surface area is 127 Å². The summed E-state index contributed by atoms with van der Waals surface area (Å²) in [6.07, 6.45) is 0. The first-order valence-corrected chi connectivity index (χ1v) is 7.05. The Morgan fingerprint density at radius 1 is 1.00 bits per heavy atom. The maximum absolute atomic E-state index is 13.4. The number of carbonyl (C=O) groups is 1. The lowest BCUT2D eigenvalue weighted by atomic mass is 10.3. The summed E-state index contributed by atoms with van der Waals surface area (Å²) >= 11 is -2.19. The van der Waals surface area contributed by atoms with Gasteiger partial charge in [0.1, 0.15) is 11.6 Å². The Balaban J connectivity index is 1.98. The minimum Gasteiger partial charge on any atom is -0.308 e. The lowest BCUT2D eigenvalue weighted by Crippen LogP contribution is -2.20. The van der Waals surface area contributed by atoms with Crippen LogP contribution in [0.4, 0.5) is 30.6 Å². The van der Waals surface area contributed by atoms with Gasteiger partial charge in [-0.05, 0) is 36.4 Å². The van der Waals surface area contributed by atoms with Crippen molar-refractivity contribution in [3.63, 3.8) is 0 Å². The summed E-state index contributed by atoms with van der Waals surface area (Å²) in [6, 6.07) is 7.99. The van der Waals surface area contributed by atoms with Gasteiger partial charge in [0.05, 0.1) is 5.69 Å². The van der Waals surface area contributed by atoms with Gasteiger partial charge in [-0.2, -0.15) is 0 Å². The van der Waals surface area contributed by atoms with Gasteiger partial charge >= 0.3 is 6.03 Å². The van der Waals surface area contributed by atoms with E-state index in [2.05, 4.69) is 15.4 Å². The molecule has 116 valence electrons. The second-order valence-corrected chi connectivity index (χ2v) is 4.83. The molecule has 1 atom stereocenters. The van der Waals surface area contributed by atoms with Gasteiger partial charge in [0, 0.05) is 17.4 Å². The molecule has 0 bridgehead atoms. The summed E-state index contributed by atoms with van der Waals surface area (Å²) in [6.45, 7) is 0. The Hall–Kier alpha value is -2.52. The molecule has 0 aromatic heterocycles. The van der Waals surface area contributed by atoms with Crippen molar-refractivity contribution in [1.82, 2.24) is 0 Å². The smallest absolute Gasteiger partial charge is 0.308 e. The highest BCUT2D eigenvalue weighted by Crippen LogP contribution is 2.17. The Morgan fingerprint density at radius 2 is 1.64 bits per heavy atom. The van der Waals surface area contributed by atoms with Crippen LogP contribution in [-0.4, -0.2) is 14.8 Å². The van der Waals surface area contributed by atoms with Gasteiger partial charge in [-0.3, -0.25) is 9.27 Å². The molecule has 0 aliphatic carbocycles. The third kappa shape index (κ3) is 4.50. The normalized spacial score (nSPS) is 11.6. The lowest BCUT2D eigenvalue weighted by molar-refractivity contribution is 0.262. The molecule has 0 saturated carbocycles. The second-order valence-electron chi connectivity index (χ2n) is 4.13. The van der Waals surface area contributed by atoms with E-state index in [1.54, 1.807) is 0 Å². The third-order valence-corrected chi connectivity index (χ3v) is 2.94. The van der Waals surface area contributed by atoms with Crippen LogP contribution in [0.25, 0.3) is 0 Å². The van der Waals surface area contributed by atoms with Crippen molar-refractivity contribution in [2.24, 2.45) is 0 Å². The first-order valence-electron chi connectivity index (χ1n) is 5.94. The number of hydrogen-bond donors (Lipinski definition) is 4. The van der Waals surface area contributed by atoms with Gasteiger partial charge in [0.2, 0.25) is 0 Å². The summed E-state index contributed by atoms with van der Waals surface area (Å²) < 4.78 is 47.6. The largest absolute Gasteiger partial charge is 0.323 e. The van der Waals surface area contributed by atoms with E-state index in [9.17, 15) is 17.8 Å². The SMILES string of the molecule is O=C(Nc1ccc(NS(=O)O)cc1)Nc1ccc(F)cc1F. The van der Waals surface area contributed by atoms with E-state index in [0.717, 1.165) is 12.1 Å². The number of anilines is 3. The van der Waals surface area contributed by atoms with Crippen molar-refractivity contribution in [3.05, 3.63) is 54.1 Å². The molecular weight excluding hydrogens is 316 g/mol. The molecule has 2 aromatic carbocycles. The molecule has 2 aromatic rings. The van der Waals surface area contributed by atoms with Gasteiger partial charge in [0.25, 0.3) is 11.3 Å². The highest BCUT2D eigenvalue weighted by molar-refractivity contribution is 7.80. The van der Waals surface area contributed by atoms with Gasteiger partial charge in [-0.1, -0.05) is 0 Å². The fourth-order valence-corrected chi connectivity index (χ4v) is 1.94. The minimum absolute atomic E-state index is 0.159. The Morgan fingerprint density at radius 3 is 2.23 bits per heavy atom. The highest BCUT2D eigenvalue weighted by Gasteiger charge is 2.08. The van der Waals surface area contributed by atoms with Gasteiger partial charge in [0.15, 0.2) is 0 Å². The summed E-state index contributed by atoms with van der Waals surface area (Å²) in [5.74, 6) is -1.63. The first-order chi connectivity index (χ1) is 10.4. The van der Waals surface area contributed by atoms with Crippen molar-refractivity contribution in [2.45, 2.75) is 0 Å². The summed E-state index contributed by atoms with van der Waals surface area (Å²) in [5.41, 5.74) is 0.610. The summed E-state index contributed by atoms with van der Waals surface area (Å²) in [7, 11) is 0. The van der Waals surface area contributed by atoms with Gasteiger partial charge < -0.3 is 10.6 Å². The lowest BCUT2D eigenvalue weighted by Gasteiger charge is -2.09. The van der Waals surface area contributed by atoms with E-state index in [0.29, 0.717) is 17.4 Å². The molecule has 4 N–H and O–H groups in total. The zero-order chi connectivity index (χ0) is 16.1. The van der Waals surface area contributed by atoms with E-state index in [4.69, 9.17) is 4.55 Å². The molecule has 0 aliphatic heterocycles. The van der Waals surface area contributed by atoms with E-state index in [1.165, 1.54) is 24.3 Å². The maximum Gasteiger partial charge on any atom is 0.323 e. The van der Waals surface area contributed by atoms with Crippen molar-refractivity contribution in [1.29, 1.82) is 0 Å². The zero-order valence-electron chi connectivity index (χ0n) is 11.0. The molecule has 22 heavy (non-hydrogen) atoms. The Kier molecular flexibility index (Phi) is 5.02. The van der Waals surface area contributed by atoms with Crippen LogP contribution in [0.2, 0.25) is 0 Å². The van der Waals surface area contributed by atoms with E-state index < -0.39 is 28.9 Å². The number of amides is 2.